The van der Waals surface area contributed by atoms with Gasteiger partial charge in [0.1, 0.15) is 30.7 Å². The van der Waals surface area contributed by atoms with E-state index >= 15 is 0 Å². The maximum absolute atomic E-state index is 12.9. The number of nitrogens with zero attached hydrogens (tertiary/aromatic N) is 2. The number of nitrogen functional groups attached to an aromatic ring is 1. The summed E-state index contributed by atoms with van der Waals surface area (Å²) in [5.41, 5.74) is 4.58. The van der Waals surface area contributed by atoms with Crippen molar-refractivity contribution in [2.24, 2.45) is 0 Å². The fourth-order valence-corrected chi connectivity index (χ4v) is 9.56. The summed E-state index contributed by atoms with van der Waals surface area (Å²) < 4.78 is 62.4. The van der Waals surface area contributed by atoms with Crippen LogP contribution in [0.2, 0.25) is 0 Å². The van der Waals surface area contributed by atoms with Crippen LogP contribution in [0.25, 0.3) is 0 Å². The van der Waals surface area contributed by atoms with E-state index in [1.165, 1.54) is 51.0 Å². The van der Waals surface area contributed by atoms with Crippen molar-refractivity contribution in [2.75, 3.05) is 25.6 Å². The van der Waals surface area contributed by atoms with Crippen molar-refractivity contribution in [3.05, 3.63) is 83.5 Å². The van der Waals surface area contributed by atoms with E-state index in [0.717, 1.165) is 75.0 Å². The van der Waals surface area contributed by atoms with Crippen LogP contribution in [0.4, 0.5) is 5.82 Å². The standard InChI is InChI=1S/C50H81N3O16P2/c1-3-5-7-8-9-10-11-12-13-14-15-19-22-25-29-33-45(54)63-37-40(66-46(55)34-30-26-23-20-17-16-18-21-24-28-32-42-41(67-42)31-27-6-4-2)38-64-70(59,60)69-71(61,62)65-39-43-47(56)48(57)49(68-43)53-36-35-44(51)52-50(53)58/h10-13,16,18,20,23-24,28,35-36,40-43,47-49,56-57H,3-9,14-15,17,19,21-22,25-27,29-34,37-39H2,1-2H3,(H,59,60)(H,61,62)(H2,51,52,58)/b11-10-,13-12-,18-16-,23-20-,28-24-/t40-,41?,42?,43-,47-,48-,49-/m1/s1. The van der Waals surface area contributed by atoms with Crippen LogP contribution in [0.1, 0.15) is 161 Å². The summed E-state index contributed by atoms with van der Waals surface area (Å²) in [6, 6.07) is 1.24. The molecular weight excluding hydrogens is 961 g/mol. The molecule has 2 fully saturated rings. The Bertz CT molecular complexity index is 1990. The van der Waals surface area contributed by atoms with Crippen LogP contribution in [0, 0.1) is 0 Å². The van der Waals surface area contributed by atoms with Crippen LogP contribution in [0.3, 0.4) is 0 Å². The number of phosphoric ester groups is 2. The SMILES string of the molecule is CCCCCC/C=C\C=C/CCCCCCCC(=O)OC[C@H](COP(=O)(O)OP(=O)(O)OC[C@H]1O[C@@H](n2ccc(N)nc2=O)[C@H](O)[C@@H]1O)OC(=O)CCC/C=C\C/C=C\C/C=C\CC1OC1CCCCC. The number of phosphoric acid groups is 2. The highest BCUT2D eigenvalue weighted by molar-refractivity contribution is 7.61. The third-order valence-electron chi connectivity index (χ3n) is 11.5. The van der Waals surface area contributed by atoms with Gasteiger partial charge in [-0.05, 0) is 76.7 Å². The molecule has 4 unspecified atom stereocenters. The highest BCUT2D eigenvalue weighted by atomic mass is 31.3. The van der Waals surface area contributed by atoms with Gasteiger partial charge in [-0.2, -0.15) is 9.29 Å². The van der Waals surface area contributed by atoms with E-state index in [4.69, 9.17) is 33.7 Å². The molecule has 0 spiro atoms. The van der Waals surface area contributed by atoms with Gasteiger partial charge >= 0.3 is 33.3 Å². The molecule has 1 aromatic heterocycles. The summed E-state index contributed by atoms with van der Waals surface area (Å²) in [5, 5.41) is 20.9. The molecular formula is C50H81N3O16P2. The summed E-state index contributed by atoms with van der Waals surface area (Å²) in [6.07, 6.45) is 34.8. The third-order valence-corrected chi connectivity index (χ3v) is 14.1. The molecule has 3 heterocycles. The molecule has 6 N–H and O–H groups in total. The lowest BCUT2D eigenvalue weighted by molar-refractivity contribution is -0.161. The monoisotopic (exact) mass is 1040 g/mol. The topological polar surface area (TPSA) is 278 Å². The third kappa shape index (κ3) is 27.9. The quantitative estimate of drug-likeness (QED) is 0.0102. The molecule has 0 saturated carbocycles. The Kier molecular flexibility index (Phi) is 30.9. The van der Waals surface area contributed by atoms with Crippen molar-refractivity contribution in [2.45, 2.75) is 198 Å². The van der Waals surface area contributed by atoms with Gasteiger partial charge in [0, 0.05) is 19.0 Å². The van der Waals surface area contributed by atoms with Crippen molar-refractivity contribution in [3.8, 4) is 0 Å². The van der Waals surface area contributed by atoms with E-state index in [-0.39, 0.29) is 18.7 Å². The van der Waals surface area contributed by atoms with Gasteiger partial charge in [0.25, 0.3) is 0 Å². The number of carbonyl (C=O) groups excluding carboxylic acids is 2. The van der Waals surface area contributed by atoms with E-state index in [9.17, 15) is 43.5 Å². The maximum Gasteiger partial charge on any atom is 0.481 e. The minimum absolute atomic E-state index is 0.0354. The average Bonchev–Trinajstić information content (AvgIpc) is 4.02. The Labute approximate surface area is 419 Å². The molecule has 1 aromatic rings. The van der Waals surface area contributed by atoms with Crippen LogP contribution >= 0.6 is 15.6 Å². The van der Waals surface area contributed by atoms with Gasteiger partial charge < -0.3 is 44.7 Å². The summed E-state index contributed by atoms with van der Waals surface area (Å²) in [5.74, 6) is -1.39. The van der Waals surface area contributed by atoms with Crippen molar-refractivity contribution >= 4 is 33.4 Å². The average molecular weight is 1040 g/mol. The number of unbranched alkanes of at least 4 members (excludes halogenated alkanes) is 12. The minimum atomic E-state index is -5.44. The van der Waals surface area contributed by atoms with Crippen molar-refractivity contribution < 1.29 is 71.0 Å². The number of aliphatic hydroxyl groups excluding tert-OH is 2. The first kappa shape index (κ1) is 61.7. The van der Waals surface area contributed by atoms with Gasteiger partial charge in [-0.1, -0.05) is 132 Å². The molecule has 0 aromatic carbocycles. The Morgan fingerprint density at radius 1 is 0.718 bits per heavy atom. The second kappa shape index (κ2) is 35.6. The van der Waals surface area contributed by atoms with Gasteiger partial charge in [-0.3, -0.25) is 23.2 Å². The summed E-state index contributed by atoms with van der Waals surface area (Å²) in [4.78, 5) is 61.9. The number of aliphatic hydroxyl groups is 2. The maximum atomic E-state index is 12.9. The van der Waals surface area contributed by atoms with E-state index in [1.807, 2.05) is 12.2 Å². The Morgan fingerprint density at radius 2 is 1.32 bits per heavy atom. The number of esters is 2. The molecule has 2 aliphatic rings. The van der Waals surface area contributed by atoms with Gasteiger partial charge in [0.05, 0.1) is 25.4 Å². The van der Waals surface area contributed by atoms with E-state index in [0.29, 0.717) is 31.5 Å². The van der Waals surface area contributed by atoms with Crippen LogP contribution < -0.4 is 11.4 Å². The number of ether oxygens (including phenoxy) is 4. The van der Waals surface area contributed by atoms with Gasteiger partial charge in [0.2, 0.25) is 0 Å². The zero-order valence-electron chi connectivity index (χ0n) is 41.7. The molecule has 2 saturated heterocycles. The molecule has 21 heteroatoms. The van der Waals surface area contributed by atoms with Crippen LogP contribution in [0.15, 0.2) is 77.8 Å². The number of hydrogen-bond acceptors (Lipinski definition) is 16. The first-order valence-electron chi connectivity index (χ1n) is 25.4. The molecule has 0 amide bonds. The van der Waals surface area contributed by atoms with Crippen molar-refractivity contribution in [3.63, 3.8) is 0 Å². The van der Waals surface area contributed by atoms with Crippen LogP contribution in [-0.4, -0.2) is 97.9 Å². The largest absolute Gasteiger partial charge is 0.481 e. The molecule has 0 bridgehead atoms. The predicted octanol–water partition coefficient (Wildman–Crippen LogP) is 9.32. The molecule has 3 rings (SSSR count). The second-order valence-corrected chi connectivity index (χ2v) is 20.8. The zero-order chi connectivity index (χ0) is 51.7. The highest BCUT2D eigenvalue weighted by Gasteiger charge is 2.46. The molecule has 0 radical (unpaired) electrons. The fourth-order valence-electron chi connectivity index (χ4n) is 7.45. The summed E-state index contributed by atoms with van der Waals surface area (Å²) in [7, 11) is -10.9. The van der Waals surface area contributed by atoms with Crippen molar-refractivity contribution in [1.29, 1.82) is 0 Å². The molecule has 71 heavy (non-hydrogen) atoms. The number of aromatic nitrogens is 2. The van der Waals surface area contributed by atoms with Crippen molar-refractivity contribution in [1.82, 2.24) is 9.55 Å². The number of anilines is 1. The number of epoxide rings is 1. The first-order chi connectivity index (χ1) is 34.1. The number of allylic oxidation sites excluding steroid dienone is 9. The number of rotatable bonds is 40. The predicted molar refractivity (Wildman–Crippen MR) is 270 cm³/mol. The number of nitrogens with two attached hydrogens (primary N) is 1. The summed E-state index contributed by atoms with van der Waals surface area (Å²) in [6.45, 7) is 2.02. The second-order valence-electron chi connectivity index (χ2n) is 17.7. The van der Waals surface area contributed by atoms with Gasteiger partial charge in [-0.15, -0.1) is 0 Å². The molecule has 19 nitrogen and oxygen atoms in total. The van der Waals surface area contributed by atoms with E-state index in [2.05, 4.69) is 71.8 Å². The molecule has 0 aliphatic carbocycles. The molecule has 9 atom stereocenters. The van der Waals surface area contributed by atoms with Gasteiger partial charge in [0.15, 0.2) is 12.3 Å². The first-order valence-corrected chi connectivity index (χ1v) is 28.4. The lowest BCUT2D eigenvalue weighted by Crippen LogP contribution is -2.36. The Hall–Kier alpha value is -3.58. The Morgan fingerprint density at radius 3 is 2.03 bits per heavy atom. The van der Waals surface area contributed by atoms with E-state index < -0.39 is 83.7 Å². The zero-order valence-corrected chi connectivity index (χ0v) is 43.5. The molecule has 2 aliphatic heterocycles. The Balaban J connectivity index is 1.42. The summed E-state index contributed by atoms with van der Waals surface area (Å²) >= 11 is 0. The van der Waals surface area contributed by atoms with Gasteiger partial charge in [-0.25, -0.2) is 13.9 Å². The van der Waals surface area contributed by atoms with Crippen LogP contribution in [-0.2, 0) is 51.0 Å². The minimum Gasteiger partial charge on any atom is -0.462 e. The number of carbonyl (C=O) groups is 2. The van der Waals surface area contributed by atoms with E-state index in [1.54, 1.807) is 0 Å². The lowest BCUT2D eigenvalue weighted by Gasteiger charge is -2.21. The normalized spacial score (nSPS) is 22.5. The molecule has 402 valence electrons. The number of hydrogen-bond donors (Lipinski definition) is 5. The lowest BCUT2D eigenvalue weighted by atomic mass is 10.1. The highest BCUT2D eigenvalue weighted by Crippen LogP contribution is 2.60. The smallest absolute Gasteiger partial charge is 0.462 e. The van der Waals surface area contributed by atoms with Crippen LogP contribution in [0.5, 0.6) is 0 Å². The fraction of sp³-hybridized carbons (Fsp3) is 0.680.